The van der Waals surface area contributed by atoms with Gasteiger partial charge in [-0.3, -0.25) is 9.69 Å². The average molecular weight is 177 g/mol. The minimum Gasteiger partial charge on any atom is -0.480 e. The van der Waals surface area contributed by atoms with Crippen molar-refractivity contribution >= 4 is 5.97 Å². The van der Waals surface area contributed by atoms with Crippen LogP contribution < -0.4 is 0 Å². The summed E-state index contributed by atoms with van der Waals surface area (Å²) in [7, 11) is 0. The van der Waals surface area contributed by atoms with Crippen molar-refractivity contribution < 1.29 is 19.0 Å². The highest BCUT2D eigenvalue weighted by Gasteiger charge is 2.28. The number of ether oxygens (including phenoxy) is 1. The lowest BCUT2D eigenvalue weighted by Gasteiger charge is -2.31. The molecule has 0 aliphatic carbocycles. The Balaban J connectivity index is 2.48. The molecule has 0 bridgehead atoms. The van der Waals surface area contributed by atoms with Crippen molar-refractivity contribution in [3.8, 4) is 0 Å². The average Bonchev–Trinajstić information content (AvgIpc) is 2.05. The van der Waals surface area contributed by atoms with Crippen molar-refractivity contribution in [3.05, 3.63) is 0 Å². The first-order chi connectivity index (χ1) is 5.75. The molecule has 0 aromatic rings. The van der Waals surface area contributed by atoms with Crippen molar-refractivity contribution in [2.75, 3.05) is 33.0 Å². The summed E-state index contributed by atoms with van der Waals surface area (Å²) in [5, 5.41) is 8.69. The maximum Gasteiger partial charge on any atom is 0.323 e. The molecule has 1 N–H and O–H groups in total. The van der Waals surface area contributed by atoms with Crippen molar-refractivity contribution in [3.63, 3.8) is 0 Å². The Kier molecular flexibility index (Phi) is 3.43. The molecule has 0 aromatic heterocycles. The number of rotatable bonds is 3. The minimum absolute atomic E-state index is 0.162. The first-order valence-corrected chi connectivity index (χ1v) is 3.86. The van der Waals surface area contributed by atoms with Gasteiger partial charge in [-0.1, -0.05) is 0 Å². The van der Waals surface area contributed by atoms with Crippen LogP contribution in [0.25, 0.3) is 0 Å². The molecule has 1 rings (SSSR count). The molecule has 0 radical (unpaired) electrons. The lowest BCUT2D eigenvalue weighted by Crippen LogP contribution is -2.50. The first kappa shape index (κ1) is 9.41. The van der Waals surface area contributed by atoms with Crippen LogP contribution in [0.2, 0.25) is 0 Å². The predicted molar refractivity (Wildman–Crippen MR) is 39.8 cm³/mol. The molecule has 1 aliphatic rings. The Morgan fingerprint density at radius 1 is 1.75 bits per heavy atom. The number of nitrogens with zero attached hydrogens (tertiary/aromatic N) is 1. The number of hydrogen-bond donors (Lipinski definition) is 1. The largest absolute Gasteiger partial charge is 0.480 e. The molecule has 1 heterocycles. The maximum atomic E-state index is 11.9. The molecule has 1 atom stereocenters. The van der Waals surface area contributed by atoms with Crippen LogP contribution in [0.3, 0.4) is 0 Å². The van der Waals surface area contributed by atoms with E-state index in [-0.39, 0.29) is 13.2 Å². The van der Waals surface area contributed by atoms with Crippen LogP contribution in [-0.4, -0.2) is 55.0 Å². The fraction of sp³-hybridized carbons (Fsp3) is 0.857. The summed E-state index contributed by atoms with van der Waals surface area (Å²) in [4.78, 5) is 12.2. The second kappa shape index (κ2) is 4.37. The van der Waals surface area contributed by atoms with Gasteiger partial charge in [-0.15, -0.1) is 0 Å². The molecule has 0 spiro atoms. The van der Waals surface area contributed by atoms with Crippen molar-refractivity contribution in [2.45, 2.75) is 6.04 Å². The lowest BCUT2D eigenvalue weighted by molar-refractivity contribution is -0.149. The number of carboxylic acids is 1. The smallest absolute Gasteiger partial charge is 0.323 e. The Labute approximate surface area is 69.9 Å². The Morgan fingerprint density at radius 3 is 3.08 bits per heavy atom. The van der Waals surface area contributed by atoms with E-state index >= 15 is 0 Å². The van der Waals surface area contributed by atoms with Gasteiger partial charge in [0.15, 0.2) is 0 Å². The van der Waals surface area contributed by atoms with Gasteiger partial charge in [0.05, 0.1) is 13.2 Å². The molecule has 1 unspecified atom stereocenters. The number of alkyl halides is 1. The molecule has 0 amide bonds. The number of aliphatic carboxylic acids is 1. The van der Waals surface area contributed by atoms with E-state index in [1.165, 1.54) is 0 Å². The molecular formula is C7H12FNO3. The standard InChI is InChI=1S/C7H12FNO3/c8-1-2-9-3-4-12-5-6(9)7(10)11/h6H,1-5H2,(H,10,11). The zero-order chi connectivity index (χ0) is 8.97. The van der Waals surface area contributed by atoms with Gasteiger partial charge in [-0.25, -0.2) is 4.39 Å². The van der Waals surface area contributed by atoms with E-state index in [1.54, 1.807) is 4.90 Å². The summed E-state index contributed by atoms with van der Waals surface area (Å²) >= 11 is 0. The monoisotopic (exact) mass is 177 g/mol. The second-order valence-electron chi connectivity index (χ2n) is 2.65. The van der Waals surface area contributed by atoms with Crippen LogP contribution in [0, 0.1) is 0 Å². The summed E-state index contributed by atoms with van der Waals surface area (Å²) in [6.45, 7) is 0.824. The fourth-order valence-electron chi connectivity index (χ4n) is 1.24. The highest BCUT2D eigenvalue weighted by molar-refractivity contribution is 5.73. The molecule has 0 saturated carbocycles. The number of carbonyl (C=O) groups is 1. The van der Waals surface area contributed by atoms with Crippen LogP contribution in [0.4, 0.5) is 4.39 Å². The van der Waals surface area contributed by atoms with Crippen LogP contribution in [-0.2, 0) is 9.53 Å². The third-order valence-electron chi connectivity index (χ3n) is 1.90. The fourth-order valence-corrected chi connectivity index (χ4v) is 1.24. The first-order valence-electron chi connectivity index (χ1n) is 3.86. The Hall–Kier alpha value is -0.680. The topological polar surface area (TPSA) is 49.8 Å². The summed E-state index contributed by atoms with van der Waals surface area (Å²) in [6, 6.07) is -0.672. The molecule has 12 heavy (non-hydrogen) atoms. The lowest BCUT2D eigenvalue weighted by atomic mass is 10.2. The molecule has 5 heteroatoms. The van der Waals surface area contributed by atoms with Gasteiger partial charge >= 0.3 is 5.97 Å². The van der Waals surface area contributed by atoms with Crippen LogP contribution >= 0.6 is 0 Å². The molecule has 1 fully saturated rings. The second-order valence-corrected chi connectivity index (χ2v) is 2.65. The summed E-state index contributed by atoms with van der Waals surface area (Å²) in [6.07, 6.45) is 0. The van der Waals surface area contributed by atoms with Crippen molar-refractivity contribution in [2.24, 2.45) is 0 Å². The highest BCUT2D eigenvalue weighted by Crippen LogP contribution is 2.06. The van der Waals surface area contributed by atoms with Crippen molar-refractivity contribution in [1.29, 1.82) is 0 Å². The van der Waals surface area contributed by atoms with E-state index in [9.17, 15) is 9.18 Å². The highest BCUT2D eigenvalue weighted by atomic mass is 19.1. The van der Waals surface area contributed by atoms with Crippen LogP contribution in [0.1, 0.15) is 0 Å². The molecule has 70 valence electrons. The Bertz CT molecular complexity index is 163. The number of hydrogen-bond acceptors (Lipinski definition) is 3. The van der Waals surface area contributed by atoms with E-state index < -0.39 is 18.7 Å². The van der Waals surface area contributed by atoms with Crippen molar-refractivity contribution in [1.82, 2.24) is 4.90 Å². The van der Waals surface area contributed by atoms with E-state index in [0.29, 0.717) is 13.2 Å². The van der Waals surface area contributed by atoms with Gasteiger partial charge in [0, 0.05) is 13.1 Å². The number of halogens is 1. The van der Waals surface area contributed by atoms with Gasteiger partial charge in [-0.2, -0.15) is 0 Å². The van der Waals surface area contributed by atoms with E-state index in [2.05, 4.69) is 0 Å². The molecule has 1 aliphatic heterocycles. The SMILES string of the molecule is O=C(O)C1COCCN1CCF. The van der Waals surface area contributed by atoms with E-state index in [4.69, 9.17) is 9.84 Å². The van der Waals surface area contributed by atoms with Gasteiger partial charge in [0.25, 0.3) is 0 Å². The van der Waals surface area contributed by atoms with Crippen LogP contribution in [0.15, 0.2) is 0 Å². The zero-order valence-electron chi connectivity index (χ0n) is 6.70. The van der Waals surface area contributed by atoms with Gasteiger partial charge in [-0.05, 0) is 0 Å². The molecular weight excluding hydrogens is 165 g/mol. The normalized spacial score (nSPS) is 25.6. The maximum absolute atomic E-state index is 11.9. The molecule has 0 aromatic carbocycles. The van der Waals surface area contributed by atoms with E-state index in [0.717, 1.165) is 0 Å². The molecule has 4 nitrogen and oxygen atoms in total. The Morgan fingerprint density at radius 2 is 2.50 bits per heavy atom. The summed E-state index contributed by atoms with van der Waals surface area (Å²) in [5.41, 5.74) is 0. The third-order valence-corrected chi connectivity index (χ3v) is 1.90. The quantitative estimate of drug-likeness (QED) is 0.645. The van der Waals surface area contributed by atoms with Gasteiger partial charge < -0.3 is 9.84 Å². The van der Waals surface area contributed by atoms with Gasteiger partial charge in [0.1, 0.15) is 12.7 Å². The predicted octanol–water partition coefficient (Wildman–Crippen LogP) is -0.259. The molecule has 1 saturated heterocycles. The van der Waals surface area contributed by atoms with E-state index in [1.807, 2.05) is 0 Å². The summed E-state index contributed by atoms with van der Waals surface area (Å²) < 4.78 is 16.9. The number of morpholine rings is 1. The minimum atomic E-state index is -0.942. The summed E-state index contributed by atoms with van der Waals surface area (Å²) in [5.74, 6) is -0.942. The van der Waals surface area contributed by atoms with Crippen LogP contribution in [0.5, 0.6) is 0 Å². The van der Waals surface area contributed by atoms with Gasteiger partial charge in [0.2, 0.25) is 0 Å². The zero-order valence-corrected chi connectivity index (χ0v) is 6.70. The number of carboxylic acid groups (broad SMARTS) is 1. The third kappa shape index (κ3) is 2.15.